The molecule has 2 unspecified atom stereocenters. The van der Waals surface area contributed by atoms with E-state index in [1.807, 2.05) is 61.5 Å². The van der Waals surface area contributed by atoms with E-state index in [0.29, 0.717) is 11.3 Å². The predicted octanol–water partition coefficient (Wildman–Crippen LogP) is 4.84. The van der Waals surface area contributed by atoms with E-state index in [9.17, 15) is 4.39 Å². The first-order valence-electron chi connectivity index (χ1n) is 7.68. The molecule has 0 spiro atoms. The van der Waals surface area contributed by atoms with E-state index in [4.69, 9.17) is 9.15 Å². The van der Waals surface area contributed by atoms with Crippen molar-refractivity contribution in [2.24, 2.45) is 0 Å². The van der Waals surface area contributed by atoms with Crippen LogP contribution in [-0.4, -0.2) is 19.8 Å². The molecule has 3 nitrogen and oxygen atoms in total. The van der Waals surface area contributed by atoms with Crippen molar-refractivity contribution >= 4 is 23.4 Å². The largest absolute Gasteiger partial charge is 0.479 e. The first-order valence-corrected chi connectivity index (χ1v) is 7.68. The monoisotopic (exact) mass is 349 g/mol. The minimum atomic E-state index is -1.17. The van der Waals surface area contributed by atoms with Gasteiger partial charge in [-0.05, 0) is 31.7 Å². The Balaban J connectivity index is 0.00000208. The number of ether oxygens (including phenoxy) is 1. The summed E-state index contributed by atoms with van der Waals surface area (Å²) in [6.45, 7) is 2.10. The molecule has 1 heterocycles. The van der Waals surface area contributed by atoms with Crippen LogP contribution in [0.1, 0.15) is 17.4 Å². The summed E-state index contributed by atoms with van der Waals surface area (Å²) < 4.78 is 26.4. The Morgan fingerprint density at radius 1 is 1.12 bits per heavy atom. The molecule has 0 aliphatic carbocycles. The zero-order chi connectivity index (χ0) is 16.2. The molecule has 0 bridgehead atoms. The molecule has 0 amide bonds. The Morgan fingerprint density at radius 3 is 2.58 bits per heavy atom. The molecule has 2 aromatic carbocycles. The van der Waals surface area contributed by atoms with Gasteiger partial charge in [0, 0.05) is 11.9 Å². The third-order valence-electron chi connectivity index (χ3n) is 3.74. The average Bonchev–Trinajstić information content (AvgIpc) is 2.94. The molecule has 3 rings (SSSR count). The number of halogens is 2. The van der Waals surface area contributed by atoms with Gasteiger partial charge in [-0.15, -0.1) is 12.4 Å². The van der Waals surface area contributed by atoms with Gasteiger partial charge in [-0.2, -0.15) is 0 Å². The number of alkyl halides is 1. The Kier molecular flexibility index (Phi) is 6.23. The van der Waals surface area contributed by atoms with Crippen molar-refractivity contribution in [1.82, 2.24) is 5.32 Å². The Bertz CT molecular complexity index is 775. The van der Waals surface area contributed by atoms with Crippen LogP contribution in [0.15, 0.2) is 59.0 Å². The molecule has 128 valence electrons. The van der Waals surface area contributed by atoms with Gasteiger partial charge in [-0.1, -0.05) is 42.5 Å². The van der Waals surface area contributed by atoms with Gasteiger partial charge >= 0.3 is 0 Å². The minimum Gasteiger partial charge on any atom is -0.479 e. The highest BCUT2D eigenvalue weighted by atomic mass is 35.5. The molecule has 0 radical (unpaired) electrons. The van der Waals surface area contributed by atoms with E-state index in [1.165, 1.54) is 0 Å². The van der Waals surface area contributed by atoms with Crippen LogP contribution in [0.3, 0.4) is 0 Å². The summed E-state index contributed by atoms with van der Waals surface area (Å²) in [5.41, 5.74) is 1.46. The highest BCUT2D eigenvalue weighted by Gasteiger charge is 2.25. The van der Waals surface area contributed by atoms with Crippen molar-refractivity contribution < 1.29 is 13.5 Å². The second-order valence-electron chi connectivity index (χ2n) is 5.55. The van der Waals surface area contributed by atoms with Gasteiger partial charge in [0.15, 0.2) is 23.6 Å². The van der Waals surface area contributed by atoms with E-state index < -0.39 is 12.3 Å². The van der Waals surface area contributed by atoms with Gasteiger partial charge in [0.1, 0.15) is 5.76 Å². The van der Waals surface area contributed by atoms with Crippen LogP contribution < -0.4 is 10.1 Å². The maximum Gasteiger partial charge on any atom is 0.176 e. The van der Waals surface area contributed by atoms with Gasteiger partial charge in [0.25, 0.3) is 0 Å². The molecule has 1 N–H and O–H groups in total. The quantitative estimate of drug-likeness (QED) is 0.691. The van der Waals surface area contributed by atoms with Crippen LogP contribution in [0.25, 0.3) is 11.0 Å². The minimum absolute atomic E-state index is 0. The van der Waals surface area contributed by atoms with E-state index in [0.717, 1.165) is 16.7 Å². The Morgan fingerprint density at radius 2 is 1.88 bits per heavy atom. The van der Waals surface area contributed by atoms with Gasteiger partial charge in [0.05, 0.1) is 0 Å². The third kappa shape index (κ3) is 3.89. The van der Waals surface area contributed by atoms with Gasteiger partial charge in [-0.3, -0.25) is 0 Å². The number of benzene rings is 2. The summed E-state index contributed by atoms with van der Waals surface area (Å²) in [5, 5.41) is 3.82. The number of nitrogens with one attached hydrogen (secondary N) is 1. The number of aryl methyl sites for hydroxylation is 1. The first kappa shape index (κ1) is 18.3. The second-order valence-corrected chi connectivity index (χ2v) is 5.55. The normalized spacial score (nSPS) is 13.3. The van der Waals surface area contributed by atoms with Crippen LogP contribution >= 0.6 is 12.4 Å². The summed E-state index contributed by atoms with van der Waals surface area (Å²) in [6.07, 6.45) is -1.87. The molecular formula is C19H21ClFNO2. The van der Waals surface area contributed by atoms with E-state index in [-0.39, 0.29) is 19.0 Å². The lowest BCUT2D eigenvalue weighted by Gasteiger charge is -2.23. The van der Waals surface area contributed by atoms with Crippen molar-refractivity contribution in [1.29, 1.82) is 0 Å². The maximum absolute atomic E-state index is 14.6. The van der Waals surface area contributed by atoms with Crippen LogP contribution in [0.4, 0.5) is 4.39 Å². The highest BCUT2D eigenvalue weighted by Crippen LogP contribution is 2.33. The third-order valence-corrected chi connectivity index (χ3v) is 3.74. The van der Waals surface area contributed by atoms with Crippen molar-refractivity contribution in [2.75, 3.05) is 13.6 Å². The molecule has 0 fully saturated rings. The molecule has 5 heteroatoms. The average molecular weight is 350 g/mol. The van der Waals surface area contributed by atoms with Crippen LogP contribution in [0.2, 0.25) is 0 Å². The van der Waals surface area contributed by atoms with Crippen molar-refractivity contribution in [3.8, 4) is 5.75 Å². The van der Waals surface area contributed by atoms with Crippen molar-refractivity contribution in [3.63, 3.8) is 0 Å². The number of hydrogen-bond donors (Lipinski definition) is 1. The number of fused-ring (bicyclic) bond motifs is 1. The van der Waals surface area contributed by atoms with Crippen LogP contribution in [0.5, 0.6) is 5.75 Å². The second kappa shape index (κ2) is 8.18. The number of furan rings is 1. The first-order chi connectivity index (χ1) is 11.2. The summed E-state index contributed by atoms with van der Waals surface area (Å²) in [5.74, 6) is 1.36. The summed E-state index contributed by atoms with van der Waals surface area (Å²) in [4.78, 5) is 0. The molecular weight excluding hydrogens is 329 g/mol. The van der Waals surface area contributed by atoms with E-state index >= 15 is 0 Å². The smallest absolute Gasteiger partial charge is 0.176 e. The van der Waals surface area contributed by atoms with Crippen molar-refractivity contribution in [2.45, 2.75) is 19.2 Å². The Hall–Kier alpha value is -2.04. The lowest BCUT2D eigenvalue weighted by molar-refractivity contribution is 0.101. The van der Waals surface area contributed by atoms with E-state index in [1.54, 1.807) is 7.05 Å². The molecule has 0 aliphatic heterocycles. The molecule has 24 heavy (non-hydrogen) atoms. The fraction of sp³-hybridized carbons (Fsp3) is 0.263. The van der Waals surface area contributed by atoms with E-state index in [2.05, 4.69) is 5.32 Å². The predicted molar refractivity (Wildman–Crippen MR) is 96.8 cm³/mol. The fourth-order valence-corrected chi connectivity index (χ4v) is 2.69. The lowest BCUT2D eigenvalue weighted by atomic mass is 10.0. The molecule has 3 aromatic rings. The number of para-hydroxylation sites is 1. The topological polar surface area (TPSA) is 34.4 Å². The highest BCUT2D eigenvalue weighted by molar-refractivity contribution is 5.85. The number of rotatable bonds is 6. The molecule has 0 aliphatic rings. The summed E-state index contributed by atoms with van der Waals surface area (Å²) in [7, 11) is 1.73. The molecule has 1 aromatic heterocycles. The molecule has 2 atom stereocenters. The zero-order valence-electron chi connectivity index (χ0n) is 13.7. The van der Waals surface area contributed by atoms with Gasteiger partial charge in [0.2, 0.25) is 0 Å². The maximum atomic E-state index is 14.6. The van der Waals surface area contributed by atoms with Gasteiger partial charge < -0.3 is 14.5 Å². The van der Waals surface area contributed by atoms with Crippen LogP contribution in [0, 0.1) is 6.92 Å². The summed E-state index contributed by atoms with van der Waals surface area (Å²) in [6, 6.07) is 17.0. The zero-order valence-corrected chi connectivity index (χ0v) is 14.5. The van der Waals surface area contributed by atoms with Crippen molar-refractivity contribution in [3.05, 3.63) is 65.9 Å². The Labute approximate surface area is 147 Å². The number of hydrogen-bond acceptors (Lipinski definition) is 3. The van der Waals surface area contributed by atoms with Gasteiger partial charge in [-0.25, -0.2) is 4.39 Å². The van der Waals surface area contributed by atoms with Crippen LogP contribution in [-0.2, 0) is 0 Å². The molecule has 0 saturated carbocycles. The molecule has 0 saturated heterocycles. The fourth-order valence-electron chi connectivity index (χ4n) is 2.69. The lowest BCUT2D eigenvalue weighted by Crippen LogP contribution is -2.29. The summed E-state index contributed by atoms with van der Waals surface area (Å²) >= 11 is 0. The standard InChI is InChI=1S/C19H20FNO2.ClH/c1-13-11-15-9-6-10-17(19(15)22-13)23-18(16(20)12-21-2)14-7-4-3-5-8-14;/h3-11,16,18,21H,12H2,1-2H3;1H. The SMILES string of the molecule is CNCC(F)C(Oc1cccc2cc(C)oc12)c1ccccc1.Cl.